The van der Waals surface area contributed by atoms with Crippen LogP contribution in [0, 0.1) is 0 Å². The van der Waals surface area contributed by atoms with E-state index in [0.29, 0.717) is 18.8 Å². The van der Waals surface area contributed by atoms with E-state index in [4.69, 9.17) is 9.47 Å². The van der Waals surface area contributed by atoms with Crippen LogP contribution in [0.25, 0.3) is 0 Å². The Hall–Kier alpha value is -1.89. The van der Waals surface area contributed by atoms with Crippen LogP contribution in [-0.4, -0.2) is 40.5 Å². The molecule has 3 nitrogen and oxygen atoms in total. The van der Waals surface area contributed by atoms with Gasteiger partial charge in [-0.2, -0.15) is 13.2 Å². The van der Waals surface area contributed by atoms with E-state index in [9.17, 15) is 13.2 Å². The van der Waals surface area contributed by atoms with E-state index < -0.39 is 17.8 Å². The van der Waals surface area contributed by atoms with E-state index in [1.807, 2.05) is 20.2 Å². The molecule has 0 saturated heterocycles. The van der Waals surface area contributed by atoms with Gasteiger partial charge in [0.25, 0.3) is 0 Å². The van der Waals surface area contributed by atoms with Crippen molar-refractivity contribution in [1.82, 2.24) is 0 Å². The number of benzene rings is 2. The first-order valence-electron chi connectivity index (χ1n) is 8.59. The molecule has 0 amide bonds. The van der Waals surface area contributed by atoms with Crippen LogP contribution in [0.2, 0.25) is 0 Å². The lowest BCUT2D eigenvalue weighted by Gasteiger charge is -2.23. The molecule has 26 heavy (non-hydrogen) atoms. The van der Waals surface area contributed by atoms with E-state index in [2.05, 4.69) is 0 Å². The zero-order valence-electron chi connectivity index (χ0n) is 15.1. The van der Waals surface area contributed by atoms with Crippen molar-refractivity contribution in [1.29, 1.82) is 0 Å². The summed E-state index contributed by atoms with van der Waals surface area (Å²) in [4.78, 5) is 1.27. The molecule has 142 valence electrons. The molecule has 0 aliphatic carbocycles. The highest BCUT2D eigenvalue weighted by Crippen LogP contribution is 2.37. The maximum Gasteiger partial charge on any atom is 0.416 e. The second kappa shape index (κ2) is 9.71. The maximum atomic E-state index is 13.4. The molecule has 0 fully saturated rings. The number of halogens is 3. The first kappa shape index (κ1) is 20.4. The average Bonchev–Trinajstić information content (AvgIpc) is 2.61. The number of quaternary nitrogens is 1. The van der Waals surface area contributed by atoms with E-state index in [1.165, 1.54) is 17.0 Å². The lowest BCUT2D eigenvalue weighted by molar-refractivity contribution is -0.858. The lowest BCUT2D eigenvalue weighted by Crippen LogP contribution is -3.06. The second-order valence-electron chi connectivity index (χ2n) is 6.32. The average molecular weight is 368 g/mol. The van der Waals surface area contributed by atoms with Crippen molar-refractivity contribution in [2.75, 3.05) is 40.5 Å². The van der Waals surface area contributed by atoms with Gasteiger partial charge in [-0.15, -0.1) is 0 Å². The lowest BCUT2D eigenvalue weighted by atomic mass is 9.96. The zero-order chi connectivity index (χ0) is 19.0. The van der Waals surface area contributed by atoms with Crippen molar-refractivity contribution in [3.8, 4) is 0 Å². The van der Waals surface area contributed by atoms with Crippen LogP contribution in [0.5, 0.6) is 0 Å². The van der Waals surface area contributed by atoms with Crippen LogP contribution in [0.4, 0.5) is 13.2 Å². The minimum Gasteiger partial charge on any atom is -0.373 e. The smallest absolute Gasteiger partial charge is 0.373 e. The van der Waals surface area contributed by atoms with E-state index in [1.54, 1.807) is 30.3 Å². The fraction of sp³-hybridized carbons (Fsp3) is 0.400. The third-order valence-electron chi connectivity index (χ3n) is 3.91. The predicted molar refractivity (Wildman–Crippen MR) is 94.2 cm³/mol. The molecule has 0 aliphatic rings. The van der Waals surface area contributed by atoms with Crippen LogP contribution in [0.1, 0.15) is 22.8 Å². The van der Waals surface area contributed by atoms with Gasteiger partial charge in [-0.3, -0.25) is 0 Å². The number of alkyl halides is 3. The molecule has 0 aromatic heterocycles. The molecule has 1 N–H and O–H groups in total. The quantitative estimate of drug-likeness (QED) is 0.688. The highest BCUT2D eigenvalue weighted by atomic mass is 19.4. The molecule has 0 heterocycles. The van der Waals surface area contributed by atoms with Gasteiger partial charge in [-0.1, -0.05) is 48.5 Å². The molecule has 0 spiro atoms. The monoisotopic (exact) mass is 368 g/mol. The van der Waals surface area contributed by atoms with Crippen molar-refractivity contribution in [3.63, 3.8) is 0 Å². The Morgan fingerprint density at radius 1 is 0.885 bits per heavy atom. The molecule has 6 heteroatoms. The summed E-state index contributed by atoms with van der Waals surface area (Å²) < 4.78 is 51.5. The topological polar surface area (TPSA) is 22.9 Å². The highest BCUT2D eigenvalue weighted by molar-refractivity contribution is 5.37. The third-order valence-corrected chi connectivity index (χ3v) is 3.91. The number of ether oxygens (including phenoxy) is 2. The minimum absolute atomic E-state index is 0.115. The van der Waals surface area contributed by atoms with E-state index in [0.717, 1.165) is 12.6 Å². The summed E-state index contributed by atoms with van der Waals surface area (Å²) in [6.07, 6.45) is -5.23. The number of hydrogen-bond acceptors (Lipinski definition) is 2. The Bertz CT molecular complexity index is 660. The number of hydrogen-bond donors (Lipinski definition) is 1. The Labute approximate surface area is 152 Å². The summed E-state index contributed by atoms with van der Waals surface area (Å²) in [5, 5.41) is 0. The molecule has 2 rings (SSSR count). The van der Waals surface area contributed by atoms with Crippen LogP contribution >= 0.6 is 0 Å². The first-order valence-corrected chi connectivity index (χ1v) is 8.59. The molecule has 2 aromatic rings. The van der Waals surface area contributed by atoms with Gasteiger partial charge >= 0.3 is 6.18 Å². The van der Waals surface area contributed by atoms with Gasteiger partial charge in [0.05, 0.1) is 39.5 Å². The van der Waals surface area contributed by atoms with Gasteiger partial charge in [-0.05, 0) is 17.2 Å². The molecule has 0 saturated carbocycles. The summed E-state index contributed by atoms with van der Waals surface area (Å²) in [6.45, 7) is 2.00. The molecule has 2 aromatic carbocycles. The van der Waals surface area contributed by atoms with Gasteiger partial charge in [0.15, 0.2) is 0 Å². The van der Waals surface area contributed by atoms with Gasteiger partial charge < -0.3 is 14.4 Å². The van der Waals surface area contributed by atoms with Crippen molar-refractivity contribution >= 4 is 0 Å². The van der Waals surface area contributed by atoms with Crippen molar-refractivity contribution in [2.24, 2.45) is 0 Å². The zero-order valence-corrected chi connectivity index (χ0v) is 15.1. The standard InChI is InChI=1S/C20H24F3NO2/c1-24(2)12-13-25-14-15-26-19(16-8-4-3-5-9-16)17-10-6-7-11-18(17)20(21,22)23/h3-11,19H,12-15H2,1-2H3/p+1/t19-/m1/s1. The molecule has 0 radical (unpaired) electrons. The van der Waals surface area contributed by atoms with Crippen LogP contribution < -0.4 is 4.90 Å². The van der Waals surface area contributed by atoms with Gasteiger partial charge in [0, 0.05) is 0 Å². The molecule has 1 atom stereocenters. The Balaban J connectivity index is 2.14. The fourth-order valence-corrected chi connectivity index (χ4v) is 2.58. The Morgan fingerprint density at radius 2 is 1.54 bits per heavy atom. The normalized spacial score (nSPS) is 13.2. The van der Waals surface area contributed by atoms with E-state index >= 15 is 0 Å². The van der Waals surface area contributed by atoms with Crippen LogP contribution in [0.3, 0.4) is 0 Å². The Morgan fingerprint density at radius 3 is 2.19 bits per heavy atom. The van der Waals surface area contributed by atoms with Gasteiger partial charge in [0.1, 0.15) is 12.6 Å². The molecular weight excluding hydrogens is 343 g/mol. The summed E-state index contributed by atoms with van der Waals surface area (Å²) in [7, 11) is 4.05. The maximum absolute atomic E-state index is 13.4. The van der Waals surface area contributed by atoms with Crippen LogP contribution in [0.15, 0.2) is 54.6 Å². The van der Waals surface area contributed by atoms with Gasteiger partial charge in [-0.25, -0.2) is 0 Å². The third kappa shape index (κ3) is 6.12. The molecular formula is C20H25F3NO2+. The summed E-state index contributed by atoms with van der Waals surface area (Å²) in [6, 6.07) is 14.5. The number of likely N-dealkylation sites (N-methyl/N-ethyl adjacent to an activating group) is 1. The first-order chi connectivity index (χ1) is 12.4. The largest absolute Gasteiger partial charge is 0.416 e. The number of nitrogens with one attached hydrogen (secondary N) is 1. The number of rotatable bonds is 9. The molecule has 0 unspecified atom stereocenters. The minimum atomic E-state index is -4.43. The fourth-order valence-electron chi connectivity index (χ4n) is 2.58. The summed E-state index contributed by atoms with van der Waals surface area (Å²) in [5.74, 6) is 0. The predicted octanol–water partition coefficient (Wildman–Crippen LogP) is 2.97. The van der Waals surface area contributed by atoms with Gasteiger partial charge in [0.2, 0.25) is 0 Å². The second-order valence-corrected chi connectivity index (χ2v) is 6.32. The Kier molecular flexibility index (Phi) is 7.63. The molecule has 0 aliphatic heterocycles. The summed E-state index contributed by atoms with van der Waals surface area (Å²) >= 11 is 0. The van der Waals surface area contributed by atoms with Crippen molar-refractivity contribution < 1.29 is 27.5 Å². The highest BCUT2D eigenvalue weighted by Gasteiger charge is 2.35. The SMILES string of the molecule is C[NH+](C)CCOCCO[C@H](c1ccccc1)c1ccccc1C(F)(F)F. The molecule has 0 bridgehead atoms. The van der Waals surface area contributed by atoms with Crippen molar-refractivity contribution in [2.45, 2.75) is 12.3 Å². The van der Waals surface area contributed by atoms with E-state index in [-0.39, 0.29) is 12.2 Å². The van der Waals surface area contributed by atoms with Crippen LogP contribution in [-0.2, 0) is 15.7 Å². The van der Waals surface area contributed by atoms with Crippen molar-refractivity contribution in [3.05, 3.63) is 71.3 Å². The summed E-state index contributed by atoms with van der Waals surface area (Å²) in [5.41, 5.74) is 0.122.